The molecule has 0 spiro atoms. The van der Waals surface area contributed by atoms with Gasteiger partial charge in [0, 0.05) is 16.1 Å². The van der Waals surface area contributed by atoms with Crippen molar-refractivity contribution >= 4 is 50.6 Å². The predicted octanol–water partition coefficient (Wildman–Crippen LogP) is 3.75. The van der Waals surface area contributed by atoms with Crippen LogP contribution >= 0.6 is 22.9 Å². The number of thiophene rings is 1. The number of carbonyl (C=O) groups is 1. The van der Waals surface area contributed by atoms with Crippen molar-refractivity contribution in [1.82, 2.24) is 9.97 Å². The number of benzene rings is 1. The van der Waals surface area contributed by atoms with Crippen LogP contribution in [-0.2, 0) is 6.42 Å². The van der Waals surface area contributed by atoms with Gasteiger partial charge in [-0.15, -0.1) is 11.3 Å². The Morgan fingerprint density at radius 3 is 2.68 bits per heavy atom. The van der Waals surface area contributed by atoms with Gasteiger partial charge in [-0.2, -0.15) is 4.98 Å². The third-order valence-electron chi connectivity index (χ3n) is 3.20. The lowest BCUT2D eigenvalue weighted by atomic mass is 10.2. The maximum Gasteiger partial charge on any atom is 0.248 e. The highest BCUT2D eigenvalue weighted by atomic mass is 35.5. The number of amides is 1. The smallest absolute Gasteiger partial charge is 0.248 e. The zero-order chi connectivity index (χ0) is 15.7. The maximum atomic E-state index is 11.1. The summed E-state index contributed by atoms with van der Waals surface area (Å²) in [4.78, 5) is 21.7. The summed E-state index contributed by atoms with van der Waals surface area (Å²) in [5.74, 6) is 0.196. The van der Waals surface area contributed by atoms with E-state index in [-0.39, 0.29) is 5.28 Å². The van der Waals surface area contributed by atoms with E-state index in [1.54, 1.807) is 35.6 Å². The largest absolute Gasteiger partial charge is 0.366 e. The Morgan fingerprint density at radius 2 is 2.05 bits per heavy atom. The van der Waals surface area contributed by atoms with Gasteiger partial charge in [0.1, 0.15) is 10.6 Å². The molecular weight excluding hydrogens is 320 g/mol. The molecule has 0 aliphatic heterocycles. The Kier molecular flexibility index (Phi) is 3.96. The van der Waals surface area contributed by atoms with E-state index in [0.29, 0.717) is 11.4 Å². The fraction of sp³-hybridized carbons (Fsp3) is 0.133. The number of nitrogens with two attached hydrogens (primary N) is 1. The molecule has 0 aliphatic carbocycles. The number of primary amides is 1. The molecule has 1 amide bonds. The summed E-state index contributed by atoms with van der Waals surface area (Å²) < 4.78 is 0. The Labute approximate surface area is 136 Å². The molecule has 0 atom stereocenters. The molecular formula is C15H13ClN4OS. The van der Waals surface area contributed by atoms with Crippen LogP contribution in [0.1, 0.15) is 22.2 Å². The molecule has 112 valence electrons. The number of nitrogens with zero attached hydrogens (tertiary/aromatic N) is 2. The zero-order valence-corrected chi connectivity index (χ0v) is 13.3. The van der Waals surface area contributed by atoms with Crippen LogP contribution < -0.4 is 11.1 Å². The van der Waals surface area contributed by atoms with Gasteiger partial charge in [0.05, 0.1) is 5.39 Å². The number of hydrogen-bond acceptors (Lipinski definition) is 5. The molecule has 1 aromatic carbocycles. The van der Waals surface area contributed by atoms with Crippen LogP contribution in [0.15, 0.2) is 30.3 Å². The molecule has 0 aliphatic rings. The first-order valence-corrected chi connectivity index (χ1v) is 7.89. The molecule has 3 N–H and O–H groups in total. The molecule has 22 heavy (non-hydrogen) atoms. The van der Waals surface area contributed by atoms with Crippen LogP contribution in [0.2, 0.25) is 5.28 Å². The standard InChI is InChI=1S/C15H13ClN4OS/c1-2-10-7-11-13(19-15(16)20-14(11)22-10)18-9-5-3-8(4-6-9)12(17)21/h3-7H,2H2,1H3,(H2,17,21)(H,18,19,20). The molecule has 2 aromatic heterocycles. The molecule has 0 saturated heterocycles. The molecule has 7 heteroatoms. The Bertz CT molecular complexity index is 845. The highest BCUT2D eigenvalue weighted by molar-refractivity contribution is 7.18. The van der Waals surface area contributed by atoms with Crippen molar-refractivity contribution in [1.29, 1.82) is 0 Å². The van der Waals surface area contributed by atoms with Crippen LogP contribution in [0, 0.1) is 0 Å². The number of hydrogen-bond donors (Lipinski definition) is 2. The number of aryl methyl sites for hydroxylation is 1. The van der Waals surface area contributed by atoms with Crippen LogP contribution in [0.4, 0.5) is 11.5 Å². The summed E-state index contributed by atoms with van der Waals surface area (Å²) in [7, 11) is 0. The fourth-order valence-electron chi connectivity index (χ4n) is 2.07. The van der Waals surface area contributed by atoms with E-state index >= 15 is 0 Å². The summed E-state index contributed by atoms with van der Waals surface area (Å²) in [5.41, 5.74) is 6.49. The van der Waals surface area contributed by atoms with Crippen molar-refractivity contribution < 1.29 is 4.79 Å². The maximum absolute atomic E-state index is 11.1. The van der Waals surface area contributed by atoms with Gasteiger partial charge in [-0.05, 0) is 48.4 Å². The lowest BCUT2D eigenvalue weighted by Crippen LogP contribution is -2.10. The van der Waals surface area contributed by atoms with Gasteiger partial charge in [0.15, 0.2) is 0 Å². The van der Waals surface area contributed by atoms with E-state index in [1.165, 1.54) is 4.88 Å². The second-order valence-corrected chi connectivity index (χ2v) is 6.15. The second kappa shape index (κ2) is 5.90. The van der Waals surface area contributed by atoms with Gasteiger partial charge in [-0.1, -0.05) is 6.92 Å². The topological polar surface area (TPSA) is 80.9 Å². The first kappa shape index (κ1) is 14.7. The molecule has 0 bridgehead atoms. The number of carbonyl (C=O) groups excluding carboxylic acids is 1. The average molecular weight is 333 g/mol. The monoisotopic (exact) mass is 332 g/mol. The molecule has 0 unspecified atom stereocenters. The molecule has 5 nitrogen and oxygen atoms in total. The molecule has 0 radical (unpaired) electrons. The van der Waals surface area contributed by atoms with Gasteiger partial charge in [-0.3, -0.25) is 4.79 Å². The first-order chi connectivity index (χ1) is 10.6. The highest BCUT2D eigenvalue weighted by Crippen LogP contribution is 2.31. The van der Waals surface area contributed by atoms with Crippen LogP contribution in [0.5, 0.6) is 0 Å². The van der Waals surface area contributed by atoms with Gasteiger partial charge in [0.25, 0.3) is 0 Å². The number of halogens is 1. The van der Waals surface area contributed by atoms with E-state index in [9.17, 15) is 4.79 Å². The summed E-state index contributed by atoms with van der Waals surface area (Å²) in [6, 6.07) is 8.94. The van der Waals surface area contributed by atoms with Crippen molar-refractivity contribution in [2.24, 2.45) is 5.73 Å². The third-order valence-corrected chi connectivity index (χ3v) is 4.54. The quantitative estimate of drug-likeness (QED) is 0.713. The molecule has 3 rings (SSSR count). The normalized spacial score (nSPS) is 10.8. The zero-order valence-electron chi connectivity index (χ0n) is 11.8. The van der Waals surface area contributed by atoms with Gasteiger partial charge < -0.3 is 11.1 Å². The number of aromatic nitrogens is 2. The van der Waals surface area contributed by atoms with Crippen molar-refractivity contribution in [2.75, 3.05) is 5.32 Å². The minimum Gasteiger partial charge on any atom is -0.366 e. The second-order valence-electron chi connectivity index (χ2n) is 4.69. The minimum absolute atomic E-state index is 0.202. The number of fused-ring (bicyclic) bond motifs is 1. The third kappa shape index (κ3) is 2.88. The molecule has 0 fully saturated rings. The number of anilines is 2. The van der Waals surface area contributed by atoms with Gasteiger partial charge in [0.2, 0.25) is 11.2 Å². The summed E-state index contributed by atoms with van der Waals surface area (Å²) in [6.45, 7) is 2.09. The van der Waals surface area contributed by atoms with E-state index in [4.69, 9.17) is 17.3 Å². The van der Waals surface area contributed by atoms with Crippen molar-refractivity contribution in [3.63, 3.8) is 0 Å². The lowest BCUT2D eigenvalue weighted by Gasteiger charge is -2.07. The molecule has 2 heterocycles. The van der Waals surface area contributed by atoms with E-state index < -0.39 is 5.91 Å². The van der Waals surface area contributed by atoms with E-state index in [0.717, 1.165) is 22.3 Å². The number of rotatable bonds is 4. The van der Waals surface area contributed by atoms with Crippen LogP contribution in [-0.4, -0.2) is 15.9 Å². The Morgan fingerprint density at radius 1 is 1.32 bits per heavy atom. The van der Waals surface area contributed by atoms with Crippen molar-refractivity contribution in [2.45, 2.75) is 13.3 Å². The predicted molar refractivity (Wildman–Crippen MR) is 90.0 cm³/mol. The SMILES string of the molecule is CCc1cc2c(Nc3ccc(C(N)=O)cc3)nc(Cl)nc2s1. The van der Waals surface area contributed by atoms with Gasteiger partial charge in [-0.25, -0.2) is 4.98 Å². The summed E-state index contributed by atoms with van der Waals surface area (Å²) in [5, 5.41) is 4.35. The summed E-state index contributed by atoms with van der Waals surface area (Å²) in [6.07, 6.45) is 0.936. The highest BCUT2D eigenvalue weighted by Gasteiger charge is 2.11. The molecule has 3 aromatic rings. The fourth-order valence-corrected chi connectivity index (χ4v) is 3.26. The van der Waals surface area contributed by atoms with E-state index in [2.05, 4.69) is 28.3 Å². The average Bonchev–Trinajstić information content (AvgIpc) is 2.91. The molecule has 0 saturated carbocycles. The van der Waals surface area contributed by atoms with Crippen molar-refractivity contribution in [3.05, 3.63) is 46.1 Å². The Hall–Kier alpha value is -2.18. The van der Waals surface area contributed by atoms with Crippen LogP contribution in [0.3, 0.4) is 0 Å². The van der Waals surface area contributed by atoms with Gasteiger partial charge >= 0.3 is 0 Å². The Balaban J connectivity index is 1.98. The first-order valence-electron chi connectivity index (χ1n) is 6.69. The van der Waals surface area contributed by atoms with Crippen LogP contribution in [0.25, 0.3) is 10.2 Å². The number of nitrogens with one attached hydrogen (secondary N) is 1. The summed E-state index contributed by atoms with van der Waals surface area (Å²) >= 11 is 7.60. The lowest BCUT2D eigenvalue weighted by molar-refractivity contribution is 0.100. The van der Waals surface area contributed by atoms with E-state index in [1.807, 2.05) is 0 Å². The minimum atomic E-state index is -0.454. The van der Waals surface area contributed by atoms with Crippen molar-refractivity contribution in [3.8, 4) is 0 Å².